The van der Waals surface area contributed by atoms with E-state index in [1.54, 1.807) is 0 Å². The number of hydrogen-bond acceptors (Lipinski definition) is 3. The van der Waals surface area contributed by atoms with Crippen molar-refractivity contribution in [1.29, 1.82) is 0 Å². The van der Waals surface area contributed by atoms with E-state index < -0.39 is 11.0 Å². The highest BCUT2D eigenvalue weighted by Gasteiger charge is 2.45. The van der Waals surface area contributed by atoms with Crippen LogP contribution in [0.2, 0.25) is 0 Å². The minimum absolute atomic E-state index is 0.0137. The molecular formula is C21H41NO2. The van der Waals surface area contributed by atoms with Crippen molar-refractivity contribution in [3.8, 4) is 0 Å². The summed E-state index contributed by atoms with van der Waals surface area (Å²) in [5.41, 5.74) is 5.41. The fourth-order valence-corrected chi connectivity index (χ4v) is 4.13. The standard InChI is InChI=1S/C21H41NO2/c1-18(2)13-11-9-8-10-12-14-21(7,16-22)19(3,4)15-20(5,6)24-17(18)23/h8-16,22H2,1-7H3. The molecule has 1 heterocycles. The van der Waals surface area contributed by atoms with Crippen LogP contribution in [0, 0.1) is 16.2 Å². The first-order chi connectivity index (χ1) is 10.9. The second kappa shape index (κ2) is 7.76. The van der Waals surface area contributed by atoms with Crippen LogP contribution in [0.15, 0.2) is 0 Å². The molecule has 0 amide bonds. The van der Waals surface area contributed by atoms with Crippen molar-refractivity contribution in [2.75, 3.05) is 6.54 Å². The molecule has 142 valence electrons. The van der Waals surface area contributed by atoms with Gasteiger partial charge in [0.05, 0.1) is 5.41 Å². The van der Waals surface area contributed by atoms with Crippen LogP contribution in [-0.4, -0.2) is 18.1 Å². The van der Waals surface area contributed by atoms with Crippen molar-refractivity contribution < 1.29 is 9.53 Å². The lowest BCUT2D eigenvalue weighted by Gasteiger charge is -2.48. The van der Waals surface area contributed by atoms with Gasteiger partial charge in [0, 0.05) is 0 Å². The Morgan fingerprint density at radius 2 is 1.38 bits per heavy atom. The molecule has 0 aliphatic carbocycles. The van der Waals surface area contributed by atoms with E-state index in [1.807, 2.05) is 27.7 Å². The molecule has 2 N–H and O–H groups in total. The summed E-state index contributed by atoms with van der Waals surface area (Å²) in [6, 6.07) is 0. The normalized spacial score (nSPS) is 31.8. The second-order valence-electron chi connectivity index (χ2n) is 10.1. The molecule has 24 heavy (non-hydrogen) atoms. The molecule has 0 radical (unpaired) electrons. The SMILES string of the molecule is CC1(C)CC(C)(C)C(C)(CN)CCCCCCCC(C)(C)C(=O)O1. The van der Waals surface area contributed by atoms with Crippen LogP contribution in [0.3, 0.4) is 0 Å². The molecule has 0 spiro atoms. The number of ether oxygens (including phenoxy) is 1. The van der Waals surface area contributed by atoms with Crippen molar-refractivity contribution in [2.24, 2.45) is 22.0 Å². The Morgan fingerprint density at radius 3 is 1.92 bits per heavy atom. The quantitative estimate of drug-likeness (QED) is 0.645. The van der Waals surface area contributed by atoms with E-state index in [1.165, 1.54) is 25.7 Å². The van der Waals surface area contributed by atoms with Crippen LogP contribution >= 0.6 is 0 Å². The maximum absolute atomic E-state index is 12.7. The summed E-state index contributed by atoms with van der Waals surface area (Å²) in [7, 11) is 0. The molecule has 0 aromatic heterocycles. The first-order valence-corrected chi connectivity index (χ1v) is 9.79. The maximum atomic E-state index is 12.7. The van der Waals surface area contributed by atoms with E-state index in [9.17, 15) is 4.79 Å². The molecule has 1 aliphatic rings. The fraction of sp³-hybridized carbons (Fsp3) is 0.952. The molecule has 3 heteroatoms. The summed E-state index contributed by atoms with van der Waals surface area (Å²) >= 11 is 0. The lowest BCUT2D eigenvalue weighted by molar-refractivity contribution is -0.172. The van der Waals surface area contributed by atoms with E-state index in [4.69, 9.17) is 10.5 Å². The smallest absolute Gasteiger partial charge is 0.312 e. The molecule has 1 fully saturated rings. The molecule has 0 aromatic carbocycles. The van der Waals surface area contributed by atoms with Gasteiger partial charge in [0.25, 0.3) is 0 Å². The Hall–Kier alpha value is -0.570. The molecule has 0 saturated carbocycles. The zero-order valence-corrected chi connectivity index (χ0v) is 17.3. The van der Waals surface area contributed by atoms with Gasteiger partial charge in [-0.2, -0.15) is 0 Å². The van der Waals surface area contributed by atoms with Crippen molar-refractivity contribution in [1.82, 2.24) is 0 Å². The number of hydrogen-bond donors (Lipinski definition) is 1. The topological polar surface area (TPSA) is 52.3 Å². The van der Waals surface area contributed by atoms with Crippen molar-refractivity contribution in [3.63, 3.8) is 0 Å². The first kappa shape index (κ1) is 21.5. The minimum Gasteiger partial charge on any atom is -0.459 e. The van der Waals surface area contributed by atoms with Crippen LogP contribution < -0.4 is 5.73 Å². The number of nitrogens with two attached hydrogens (primary N) is 1. The lowest BCUT2D eigenvalue weighted by atomic mass is 9.60. The largest absolute Gasteiger partial charge is 0.459 e. The zero-order valence-electron chi connectivity index (χ0n) is 17.3. The average molecular weight is 340 g/mol. The Kier molecular flexibility index (Phi) is 6.94. The monoisotopic (exact) mass is 339 g/mol. The number of esters is 1. The Labute approximate surface area is 150 Å². The molecule has 1 rings (SSSR count). The summed E-state index contributed by atoms with van der Waals surface area (Å²) in [5, 5.41) is 0. The summed E-state index contributed by atoms with van der Waals surface area (Å²) in [4.78, 5) is 12.7. The molecule has 1 saturated heterocycles. The fourth-order valence-electron chi connectivity index (χ4n) is 4.13. The van der Waals surface area contributed by atoms with Crippen LogP contribution in [0.1, 0.15) is 99.8 Å². The summed E-state index contributed by atoms with van der Waals surface area (Å²) in [6.45, 7) is 15.7. The number of cyclic esters (lactones) is 1. The molecule has 0 aromatic rings. The number of carbonyl (C=O) groups is 1. The summed E-state index contributed by atoms with van der Waals surface area (Å²) < 4.78 is 5.99. The van der Waals surface area contributed by atoms with Gasteiger partial charge >= 0.3 is 5.97 Å². The summed E-state index contributed by atoms with van der Waals surface area (Å²) in [6.07, 6.45) is 8.93. The number of carbonyl (C=O) groups excluding carboxylic acids is 1. The third-order valence-corrected chi connectivity index (χ3v) is 6.40. The van der Waals surface area contributed by atoms with Gasteiger partial charge in [-0.25, -0.2) is 0 Å². The average Bonchev–Trinajstić information content (AvgIpc) is 2.42. The Balaban J connectivity index is 3.04. The van der Waals surface area contributed by atoms with E-state index in [0.717, 1.165) is 25.7 Å². The highest BCUT2D eigenvalue weighted by atomic mass is 16.6. The van der Waals surface area contributed by atoms with Gasteiger partial charge in [0.2, 0.25) is 0 Å². The van der Waals surface area contributed by atoms with Crippen LogP contribution in [0.25, 0.3) is 0 Å². The van der Waals surface area contributed by atoms with Gasteiger partial charge in [-0.3, -0.25) is 4.79 Å². The highest BCUT2D eigenvalue weighted by molar-refractivity contribution is 5.76. The molecule has 0 bridgehead atoms. The summed E-state index contributed by atoms with van der Waals surface area (Å²) in [5.74, 6) is -0.0604. The van der Waals surface area contributed by atoms with Gasteiger partial charge in [-0.15, -0.1) is 0 Å². The van der Waals surface area contributed by atoms with Gasteiger partial charge in [0.15, 0.2) is 0 Å². The Bertz CT molecular complexity index is 426. The molecule has 1 aliphatic heterocycles. The van der Waals surface area contributed by atoms with Gasteiger partial charge in [-0.1, -0.05) is 52.9 Å². The molecule has 1 atom stereocenters. The third-order valence-electron chi connectivity index (χ3n) is 6.40. The zero-order chi connectivity index (χ0) is 18.6. The van der Waals surface area contributed by atoms with Crippen molar-refractivity contribution in [2.45, 2.75) is 105 Å². The van der Waals surface area contributed by atoms with E-state index in [2.05, 4.69) is 20.8 Å². The molecule has 1 unspecified atom stereocenters. The number of rotatable bonds is 1. The molecular weight excluding hydrogens is 298 g/mol. The second-order valence-corrected chi connectivity index (χ2v) is 10.1. The third kappa shape index (κ3) is 5.47. The first-order valence-electron chi connectivity index (χ1n) is 9.79. The van der Waals surface area contributed by atoms with Crippen LogP contribution in [-0.2, 0) is 9.53 Å². The van der Waals surface area contributed by atoms with Crippen LogP contribution in [0.5, 0.6) is 0 Å². The predicted octanol–water partition coefficient (Wildman–Crippen LogP) is 5.46. The van der Waals surface area contributed by atoms with Crippen LogP contribution in [0.4, 0.5) is 0 Å². The van der Waals surface area contributed by atoms with Crippen molar-refractivity contribution >= 4 is 5.97 Å². The van der Waals surface area contributed by atoms with Gasteiger partial charge in [-0.05, 0) is 64.3 Å². The minimum atomic E-state index is -0.474. The molecule has 3 nitrogen and oxygen atoms in total. The van der Waals surface area contributed by atoms with Gasteiger partial charge in [0.1, 0.15) is 5.60 Å². The lowest BCUT2D eigenvalue weighted by Crippen LogP contribution is -2.47. The van der Waals surface area contributed by atoms with E-state index in [0.29, 0.717) is 6.54 Å². The van der Waals surface area contributed by atoms with Crippen molar-refractivity contribution in [3.05, 3.63) is 0 Å². The predicted molar refractivity (Wildman–Crippen MR) is 102 cm³/mol. The Morgan fingerprint density at radius 1 is 0.875 bits per heavy atom. The van der Waals surface area contributed by atoms with E-state index >= 15 is 0 Å². The van der Waals surface area contributed by atoms with E-state index in [-0.39, 0.29) is 16.8 Å². The van der Waals surface area contributed by atoms with Gasteiger partial charge < -0.3 is 10.5 Å². The maximum Gasteiger partial charge on any atom is 0.312 e. The highest BCUT2D eigenvalue weighted by Crippen LogP contribution is 2.48.